The van der Waals surface area contributed by atoms with Gasteiger partial charge in [0.2, 0.25) is 15.2 Å². The van der Waals surface area contributed by atoms with Gasteiger partial charge in [-0.05, 0) is 45.8 Å². The molecule has 0 aliphatic heterocycles. The Bertz CT molecular complexity index is 1090. The van der Waals surface area contributed by atoms with Gasteiger partial charge in [0.1, 0.15) is 0 Å². The highest BCUT2D eigenvalue weighted by Crippen LogP contribution is 2.35. The standard InChI is InChI=1S/C16H18N6O4S3/c1-3-20(4-2)29(25,26)13-7-8-15(14(10-13)22(23)24)28-16-17-18-19-21(16)11-12-6-5-9-27-12/h5-10H,3-4,11H2,1-2H3. The minimum atomic E-state index is -3.80. The Kier molecular flexibility index (Phi) is 6.62. The van der Waals surface area contributed by atoms with Crippen molar-refractivity contribution in [3.8, 4) is 0 Å². The largest absolute Gasteiger partial charge is 0.284 e. The molecule has 0 fully saturated rings. The van der Waals surface area contributed by atoms with Crippen molar-refractivity contribution in [2.45, 2.75) is 35.3 Å². The van der Waals surface area contributed by atoms with E-state index >= 15 is 0 Å². The molecule has 0 bridgehead atoms. The average molecular weight is 455 g/mol. The van der Waals surface area contributed by atoms with Crippen LogP contribution in [0.5, 0.6) is 0 Å². The number of nitro groups is 1. The van der Waals surface area contributed by atoms with Crippen LogP contribution < -0.4 is 0 Å². The molecule has 10 nitrogen and oxygen atoms in total. The van der Waals surface area contributed by atoms with Crippen LogP contribution in [0.1, 0.15) is 18.7 Å². The van der Waals surface area contributed by atoms with Crippen molar-refractivity contribution in [3.63, 3.8) is 0 Å². The van der Waals surface area contributed by atoms with Crippen LogP contribution in [0.15, 0.2) is 50.7 Å². The van der Waals surface area contributed by atoms with Gasteiger partial charge >= 0.3 is 0 Å². The molecule has 2 aromatic heterocycles. The molecular weight excluding hydrogens is 436 g/mol. The molecule has 0 amide bonds. The zero-order valence-corrected chi connectivity index (χ0v) is 18.1. The number of rotatable bonds is 9. The Balaban J connectivity index is 1.93. The summed E-state index contributed by atoms with van der Waals surface area (Å²) in [5.41, 5.74) is -0.311. The second-order valence-corrected chi connectivity index (χ2v) is 9.76. The predicted molar refractivity (Wildman–Crippen MR) is 109 cm³/mol. The molecular formula is C16H18N6O4S3. The normalized spacial score (nSPS) is 11.8. The first-order valence-corrected chi connectivity index (χ1v) is 11.8. The summed E-state index contributed by atoms with van der Waals surface area (Å²) < 4.78 is 28.2. The monoisotopic (exact) mass is 454 g/mol. The molecule has 0 aliphatic carbocycles. The first kappa shape index (κ1) is 21.4. The van der Waals surface area contributed by atoms with Crippen LogP contribution in [0.3, 0.4) is 0 Å². The van der Waals surface area contributed by atoms with Crippen molar-refractivity contribution in [1.29, 1.82) is 0 Å². The third-order valence-electron chi connectivity index (χ3n) is 4.06. The molecule has 0 radical (unpaired) electrons. The summed E-state index contributed by atoms with van der Waals surface area (Å²) in [7, 11) is -3.80. The van der Waals surface area contributed by atoms with Gasteiger partial charge in [-0.3, -0.25) is 10.1 Å². The van der Waals surface area contributed by atoms with E-state index in [-0.39, 0.29) is 28.6 Å². The summed E-state index contributed by atoms with van der Waals surface area (Å²) >= 11 is 2.57. The number of aromatic nitrogens is 4. The summed E-state index contributed by atoms with van der Waals surface area (Å²) in [4.78, 5) is 12.2. The lowest BCUT2D eigenvalue weighted by molar-refractivity contribution is -0.388. The Hall–Kier alpha value is -2.35. The molecule has 0 aliphatic rings. The molecule has 3 rings (SSSR count). The molecule has 3 aromatic rings. The Morgan fingerprint density at radius 2 is 2.03 bits per heavy atom. The summed E-state index contributed by atoms with van der Waals surface area (Å²) in [5, 5.41) is 25.4. The first-order valence-electron chi connectivity index (χ1n) is 8.61. The fraction of sp³-hybridized carbons (Fsp3) is 0.312. The number of tetrazole rings is 1. The van der Waals surface area contributed by atoms with Crippen LogP contribution in [-0.2, 0) is 16.6 Å². The van der Waals surface area contributed by atoms with E-state index in [9.17, 15) is 18.5 Å². The van der Waals surface area contributed by atoms with Crippen molar-refractivity contribution >= 4 is 38.8 Å². The van der Waals surface area contributed by atoms with Crippen LogP contribution in [0.2, 0.25) is 0 Å². The van der Waals surface area contributed by atoms with E-state index in [2.05, 4.69) is 15.5 Å². The van der Waals surface area contributed by atoms with E-state index in [4.69, 9.17) is 0 Å². The zero-order valence-electron chi connectivity index (χ0n) is 15.6. The van der Waals surface area contributed by atoms with Crippen molar-refractivity contribution in [2.24, 2.45) is 0 Å². The van der Waals surface area contributed by atoms with Gasteiger partial charge in [0, 0.05) is 24.0 Å². The maximum atomic E-state index is 12.7. The van der Waals surface area contributed by atoms with Crippen LogP contribution in [-0.4, -0.2) is 50.9 Å². The molecule has 0 unspecified atom stereocenters. The first-order chi connectivity index (χ1) is 13.9. The third kappa shape index (κ3) is 4.63. The second kappa shape index (κ2) is 8.98. The maximum Gasteiger partial charge on any atom is 0.284 e. The van der Waals surface area contributed by atoms with Gasteiger partial charge in [0.25, 0.3) is 5.69 Å². The molecule has 1 aromatic carbocycles. The van der Waals surface area contributed by atoms with Crippen molar-refractivity contribution < 1.29 is 13.3 Å². The molecule has 0 N–H and O–H groups in total. The Morgan fingerprint density at radius 3 is 2.66 bits per heavy atom. The summed E-state index contributed by atoms with van der Waals surface area (Å²) in [6, 6.07) is 7.73. The molecule has 2 heterocycles. The summed E-state index contributed by atoms with van der Waals surface area (Å²) in [6.07, 6.45) is 0. The molecule has 0 saturated carbocycles. The van der Waals surface area contributed by atoms with E-state index in [1.54, 1.807) is 29.9 Å². The number of hydrogen-bond acceptors (Lipinski definition) is 9. The number of sulfonamides is 1. The lowest BCUT2D eigenvalue weighted by Crippen LogP contribution is -2.30. The smallest absolute Gasteiger partial charge is 0.258 e. The Morgan fingerprint density at radius 1 is 1.28 bits per heavy atom. The number of thiophene rings is 1. The van der Waals surface area contributed by atoms with Crippen molar-refractivity contribution in [1.82, 2.24) is 24.5 Å². The van der Waals surface area contributed by atoms with Crippen LogP contribution in [0.4, 0.5) is 5.69 Å². The molecule has 154 valence electrons. The van der Waals surface area contributed by atoms with E-state index in [1.165, 1.54) is 16.4 Å². The quantitative estimate of drug-likeness (QED) is 0.357. The van der Waals surface area contributed by atoms with Gasteiger partial charge < -0.3 is 0 Å². The van der Waals surface area contributed by atoms with Gasteiger partial charge in [0.15, 0.2) is 0 Å². The minimum Gasteiger partial charge on any atom is -0.258 e. The number of nitrogens with zero attached hydrogens (tertiary/aromatic N) is 6. The SMILES string of the molecule is CCN(CC)S(=O)(=O)c1ccc(Sc2nnnn2Cc2cccs2)c([N+](=O)[O-])c1. The molecule has 0 atom stereocenters. The highest BCUT2D eigenvalue weighted by Gasteiger charge is 2.26. The van der Waals surface area contributed by atoms with Crippen LogP contribution in [0, 0.1) is 10.1 Å². The number of hydrogen-bond donors (Lipinski definition) is 0. The van der Waals surface area contributed by atoms with Crippen LogP contribution >= 0.6 is 23.1 Å². The number of benzene rings is 1. The number of nitro benzene ring substituents is 1. The lowest BCUT2D eigenvalue weighted by Gasteiger charge is -2.18. The van der Waals surface area contributed by atoms with Crippen molar-refractivity contribution in [3.05, 3.63) is 50.7 Å². The van der Waals surface area contributed by atoms with Gasteiger partial charge in [-0.25, -0.2) is 13.1 Å². The molecule has 0 saturated heterocycles. The highest BCUT2D eigenvalue weighted by molar-refractivity contribution is 7.99. The fourth-order valence-corrected chi connectivity index (χ4v) is 5.64. The zero-order chi connectivity index (χ0) is 21.0. The lowest BCUT2D eigenvalue weighted by atomic mass is 10.3. The second-order valence-electron chi connectivity index (χ2n) is 5.78. The Labute approximate surface area is 175 Å². The topological polar surface area (TPSA) is 124 Å². The van der Waals surface area contributed by atoms with Crippen LogP contribution in [0.25, 0.3) is 0 Å². The van der Waals surface area contributed by atoms with E-state index in [1.807, 2.05) is 17.5 Å². The summed E-state index contributed by atoms with van der Waals surface area (Å²) in [6.45, 7) is 4.43. The minimum absolute atomic E-state index is 0.115. The molecule has 29 heavy (non-hydrogen) atoms. The van der Waals surface area contributed by atoms with Crippen molar-refractivity contribution in [2.75, 3.05) is 13.1 Å². The molecule has 0 spiro atoms. The van der Waals surface area contributed by atoms with E-state index in [0.29, 0.717) is 11.7 Å². The molecule has 13 heteroatoms. The van der Waals surface area contributed by atoms with E-state index in [0.717, 1.165) is 22.7 Å². The van der Waals surface area contributed by atoms with Gasteiger partial charge in [0.05, 0.1) is 21.3 Å². The average Bonchev–Trinajstić information content (AvgIpc) is 3.35. The highest BCUT2D eigenvalue weighted by atomic mass is 32.2. The van der Waals surface area contributed by atoms with Gasteiger partial charge in [-0.2, -0.15) is 4.31 Å². The maximum absolute atomic E-state index is 12.7. The van der Waals surface area contributed by atoms with Gasteiger partial charge in [-0.15, -0.1) is 16.4 Å². The third-order valence-corrected chi connectivity index (χ3v) is 8.00. The fourth-order valence-electron chi connectivity index (χ4n) is 2.62. The van der Waals surface area contributed by atoms with E-state index < -0.39 is 14.9 Å². The summed E-state index contributed by atoms with van der Waals surface area (Å²) in [5.74, 6) is 0. The van der Waals surface area contributed by atoms with Gasteiger partial charge in [-0.1, -0.05) is 19.9 Å². The predicted octanol–water partition coefficient (Wildman–Crippen LogP) is 2.87.